The summed E-state index contributed by atoms with van der Waals surface area (Å²) in [5, 5.41) is 4.15. The van der Waals surface area contributed by atoms with Gasteiger partial charge in [0.2, 0.25) is 0 Å². The van der Waals surface area contributed by atoms with Gasteiger partial charge in [-0.05, 0) is 12.1 Å². The number of aromatic nitrogens is 3. The van der Waals surface area contributed by atoms with Crippen molar-refractivity contribution in [2.45, 2.75) is 0 Å². The quantitative estimate of drug-likeness (QED) is 0.682. The van der Waals surface area contributed by atoms with Crippen LogP contribution in [0.5, 0.6) is 0 Å². The van der Waals surface area contributed by atoms with Crippen LogP contribution < -0.4 is 5.73 Å². The van der Waals surface area contributed by atoms with Crippen molar-refractivity contribution in [3.05, 3.63) is 42.4 Å². The second-order valence-corrected chi connectivity index (χ2v) is 2.87. The summed E-state index contributed by atoms with van der Waals surface area (Å²) in [7, 11) is 0. The molecule has 2 aromatic heterocycles. The molecule has 0 amide bonds. The standard InChI is InChI=1S/C11H10N4/c12-6-3-4-10-8-14-15(9-10)11-5-1-2-7-13-11/h1-2,5,7-9H,6,12H2. The van der Waals surface area contributed by atoms with E-state index < -0.39 is 0 Å². The molecule has 0 aromatic carbocycles. The van der Waals surface area contributed by atoms with Gasteiger partial charge in [0.15, 0.2) is 5.82 Å². The van der Waals surface area contributed by atoms with Gasteiger partial charge in [0, 0.05) is 12.4 Å². The molecule has 2 heterocycles. The molecule has 15 heavy (non-hydrogen) atoms. The highest BCUT2D eigenvalue weighted by Crippen LogP contribution is 2.03. The minimum Gasteiger partial charge on any atom is -0.320 e. The number of rotatable bonds is 1. The first kappa shape index (κ1) is 9.44. The van der Waals surface area contributed by atoms with Crippen LogP contribution in [0.1, 0.15) is 5.56 Å². The van der Waals surface area contributed by atoms with Crippen molar-refractivity contribution in [3.8, 4) is 17.7 Å². The highest BCUT2D eigenvalue weighted by atomic mass is 15.3. The molecule has 0 saturated carbocycles. The molecular formula is C11H10N4. The van der Waals surface area contributed by atoms with E-state index in [9.17, 15) is 0 Å². The molecule has 0 aliphatic carbocycles. The maximum atomic E-state index is 5.28. The lowest BCUT2D eigenvalue weighted by Gasteiger charge is -1.96. The molecule has 4 heteroatoms. The fourth-order valence-corrected chi connectivity index (χ4v) is 1.16. The molecule has 0 atom stereocenters. The van der Waals surface area contributed by atoms with Gasteiger partial charge < -0.3 is 5.73 Å². The van der Waals surface area contributed by atoms with Crippen LogP contribution >= 0.6 is 0 Å². The zero-order valence-electron chi connectivity index (χ0n) is 8.09. The third-order valence-corrected chi connectivity index (χ3v) is 1.80. The molecule has 0 unspecified atom stereocenters. The summed E-state index contributed by atoms with van der Waals surface area (Å²) in [6.45, 7) is 0.356. The number of hydrogen-bond donors (Lipinski definition) is 1. The molecule has 0 bridgehead atoms. The van der Waals surface area contributed by atoms with E-state index in [4.69, 9.17) is 5.73 Å². The zero-order chi connectivity index (χ0) is 10.5. The lowest BCUT2D eigenvalue weighted by Crippen LogP contribution is -1.96. The normalized spacial score (nSPS) is 9.40. The highest BCUT2D eigenvalue weighted by molar-refractivity contribution is 5.32. The monoisotopic (exact) mass is 198 g/mol. The molecule has 74 valence electrons. The fourth-order valence-electron chi connectivity index (χ4n) is 1.16. The summed E-state index contributed by atoms with van der Waals surface area (Å²) < 4.78 is 1.68. The maximum Gasteiger partial charge on any atom is 0.153 e. The first-order valence-electron chi connectivity index (χ1n) is 4.55. The van der Waals surface area contributed by atoms with Crippen molar-refractivity contribution in [2.24, 2.45) is 5.73 Å². The van der Waals surface area contributed by atoms with Crippen molar-refractivity contribution < 1.29 is 0 Å². The van der Waals surface area contributed by atoms with E-state index in [0.29, 0.717) is 6.54 Å². The Hall–Kier alpha value is -2.12. The topological polar surface area (TPSA) is 56.7 Å². The molecule has 2 aromatic rings. The Kier molecular flexibility index (Phi) is 2.77. The molecule has 0 aliphatic rings. The van der Waals surface area contributed by atoms with Gasteiger partial charge in [-0.2, -0.15) is 5.10 Å². The van der Waals surface area contributed by atoms with Crippen molar-refractivity contribution in [3.63, 3.8) is 0 Å². The van der Waals surface area contributed by atoms with Crippen molar-refractivity contribution in [2.75, 3.05) is 6.54 Å². The van der Waals surface area contributed by atoms with Crippen LogP contribution in [-0.2, 0) is 0 Å². The van der Waals surface area contributed by atoms with Gasteiger partial charge in [-0.25, -0.2) is 9.67 Å². The Morgan fingerprint density at radius 1 is 1.40 bits per heavy atom. The average molecular weight is 198 g/mol. The minimum atomic E-state index is 0.356. The van der Waals surface area contributed by atoms with Crippen LogP contribution in [0.25, 0.3) is 5.82 Å². The van der Waals surface area contributed by atoms with Crippen molar-refractivity contribution in [1.82, 2.24) is 14.8 Å². The van der Waals surface area contributed by atoms with E-state index in [1.165, 1.54) is 0 Å². The largest absolute Gasteiger partial charge is 0.320 e. The first-order chi connectivity index (χ1) is 7.40. The van der Waals surface area contributed by atoms with Gasteiger partial charge in [0.05, 0.1) is 18.3 Å². The van der Waals surface area contributed by atoms with Crippen molar-refractivity contribution in [1.29, 1.82) is 0 Å². The highest BCUT2D eigenvalue weighted by Gasteiger charge is 1.98. The van der Waals surface area contributed by atoms with Gasteiger partial charge in [-0.1, -0.05) is 17.9 Å². The molecule has 4 nitrogen and oxygen atoms in total. The molecule has 2 rings (SSSR count). The third-order valence-electron chi connectivity index (χ3n) is 1.80. The second kappa shape index (κ2) is 4.40. The maximum absolute atomic E-state index is 5.28. The second-order valence-electron chi connectivity index (χ2n) is 2.87. The van der Waals surface area contributed by atoms with Gasteiger partial charge in [0.1, 0.15) is 0 Å². The fraction of sp³-hybridized carbons (Fsp3) is 0.0909. The third kappa shape index (κ3) is 2.22. The predicted octanol–water partition coefficient (Wildman–Crippen LogP) is 0.578. The summed E-state index contributed by atoms with van der Waals surface area (Å²) in [5.41, 5.74) is 6.12. The van der Waals surface area contributed by atoms with Gasteiger partial charge >= 0.3 is 0 Å². The van der Waals surface area contributed by atoms with Crippen LogP contribution in [0, 0.1) is 11.8 Å². The SMILES string of the molecule is NCC#Cc1cnn(-c2ccccn2)c1. The molecule has 0 radical (unpaired) electrons. The van der Waals surface area contributed by atoms with Crippen LogP contribution in [0.15, 0.2) is 36.8 Å². The number of hydrogen-bond acceptors (Lipinski definition) is 3. The summed E-state index contributed by atoms with van der Waals surface area (Å²) in [6, 6.07) is 5.66. The Morgan fingerprint density at radius 2 is 2.33 bits per heavy atom. The van der Waals surface area contributed by atoms with E-state index in [1.807, 2.05) is 24.4 Å². The van der Waals surface area contributed by atoms with E-state index >= 15 is 0 Å². The number of nitrogens with two attached hydrogens (primary N) is 1. The molecule has 0 aliphatic heterocycles. The van der Waals surface area contributed by atoms with Crippen LogP contribution in [0.2, 0.25) is 0 Å². The summed E-state index contributed by atoms with van der Waals surface area (Å²) >= 11 is 0. The Bertz CT molecular complexity index is 490. The molecular weight excluding hydrogens is 188 g/mol. The minimum absolute atomic E-state index is 0.356. The average Bonchev–Trinajstić information content (AvgIpc) is 2.76. The van der Waals surface area contributed by atoms with E-state index in [0.717, 1.165) is 11.4 Å². The summed E-state index contributed by atoms with van der Waals surface area (Å²) in [4.78, 5) is 4.17. The van der Waals surface area contributed by atoms with Crippen LogP contribution in [0.4, 0.5) is 0 Å². The summed E-state index contributed by atoms with van der Waals surface area (Å²) in [6.07, 6.45) is 5.24. The lowest BCUT2D eigenvalue weighted by molar-refractivity contribution is 0.847. The molecule has 0 fully saturated rings. The molecule has 2 N–H and O–H groups in total. The Labute approximate surface area is 87.7 Å². The summed E-state index contributed by atoms with van der Waals surface area (Å²) in [5.74, 6) is 6.46. The predicted molar refractivity (Wildman–Crippen MR) is 57.3 cm³/mol. The molecule has 0 spiro atoms. The zero-order valence-corrected chi connectivity index (χ0v) is 8.09. The molecule has 0 saturated heterocycles. The van der Waals surface area contributed by atoms with E-state index in [-0.39, 0.29) is 0 Å². The van der Waals surface area contributed by atoms with Crippen LogP contribution in [-0.4, -0.2) is 21.3 Å². The smallest absolute Gasteiger partial charge is 0.153 e. The van der Waals surface area contributed by atoms with Gasteiger partial charge in [-0.3, -0.25) is 0 Å². The van der Waals surface area contributed by atoms with E-state index in [1.54, 1.807) is 17.1 Å². The first-order valence-corrected chi connectivity index (χ1v) is 4.55. The Morgan fingerprint density at radius 3 is 3.07 bits per heavy atom. The number of nitrogens with zero attached hydrogens (tertiary/aromatic N) is 3. The van der Waals surface area contributed by atoms with Crippen LogP contribution in [0.3, 0.4) is 0 Å². The lowest BCUT2D eigenvalue weighted by atomic mass is 10.3. The Balaban J connectivity index is 2.28. The number of pyridine rings is 1. The van der Waals surface area contributed by atoms with Gasteiger partial charge in [0.25, 0.3) is 0 Å². The van der Waals surface area contributed by atoms with Gasteiger partial charge in [-0.15, -0.1) is 0 Å². The van der Waals surface area contributed by atoms with Crippen molar-refractivity contribution >= 4 is 0 Å². The van der Waals surface area contributed by atoms with E-state index in [2.05, 4.69) is 21.9 Å².